The lowest BCUT2D eigenvalue weighted by atomic mass is 10.1. The lowest BCUT2D eigenvalue weighted by molar-refractivity contribution is -0.384. The van der Waals surface area contributed by atoms with Gasteiger partial charge in [-0.1, -0.05) is 0 Å². The summed E-state index contributed by atoms with van der Waals surface area (Å²) in [4.78, 5) is 10.3. The van der Waals surface area contributed by atoms with E-state index in [9.17, 15) is 15.2 Å². The van der Waals surface area contributed by atoms with E-state index in [0.717, 1.165) is 0 Å². The third-order valence-corrected chi connectivity index (χ3v) is 2.47. The third kappa shape index (κ3) is 3.41. The molecule has 0 bridgehead atoms. The van der Waals surface area contributed by atoms with Gasteiger partial charge in [-0.3, -0.25) is 10.1 Å². The number of anilines is 1. The molecule has 0 saturated carbocycles. The minimum absolute atomic E-state index is 0.133. The monoisotopic (exact) mass is 250 g/mol. The summed E-state index contributed by atoms with van der Waals surface area (Å²) in [7, 11) is 0. The lowest BCUT2D eigenvalue weighted by Crippen LogP contribution is -2.38. The van der Waals surface area contributed by atoms with E-state index in [-0.39, 0.29) is 17.9 Å². The Labute approximate surface area is 104 Å². The number of benzene rings is 1. The Bertz CT molecular complexity index is 482. The highest BCUT2D eigenvalue weighted by Crippen LogP contribution is 2.25. The van der Waals surface area contributed by atoms with Gasteiger partial charge in [-0.2, -0.15) is 5.26 Å². The molecular formula is C11H14N4O3. The van der Waals surface area contributed by atoms with Crippen LogP contribution < -0.4 is 11.1 Å². The smallest absolute Gasteiger partial charge is 0.292 e. The predicted molar refractivity (Wildman–Crippen MR) is 66.0 cm³/mol. The van der Waals surface area contributed by atoms with E-state index in [1.165, 1.54) is 25.1 Å². The number of aliphatic hydroxyl groups is 1. The third-order valence-electron chi connectivity index (χ3n) is 2.47. The second-order valence-corrected chi connectivity index (χ2v) is 3.89. The second kappa shape index (κ2) is 5.95. The highest BCUT2D eigenvalue weighted by Gasteiger charge is 2.16. The average molecular weight is 250 g/mol. The summed E-state index contributed by atoms with van der Waals surface area (Å²) in [6.07, 6.45) is -0.726. The summed E-state index contributed by atoms with van der Waals surface area (Å²) in [6.45, 7) is 1.71. The minimum atomic E-state index is -0.726. The summed E-state index contributed by atoms with van der Waals surface area (Å²) in [5.41, 5.74) is 6.01. The summed E-state index contributed by atoms with van der Waals surface area (Å²) in [5.74, 6) is 0. The largest absolute Gasteiger partial charge is 0.392 e. The standard InChI is InChI=1S/C11H14N4O3/c1-7(16)9(13)6-14-10-4-8(5-12)2-3-11(10)15(17)18/h2-4,7,9,14,16H,6,13H2,1H3. The molecule has 7 heteroatoms. The van der Waals surface area contributed by atoms with Gasteiger partial charge in [0.2, 0.25) is 0 Å². The molecule has 0 saturated heterocycles. The normalized spacial score (nSPS) is 13.4. The van der Waals surface area contributed by atoms with Crippen LogP contribution in [-0.2, 0) is 0 Å². The number of hydrogen-bond donors (Lipinski definition) is 3. The fraction of sp³-hybridized carbons (Fsp3) is 0.364. The number of nitrogens with zero attached hydrogens (tertiary/aromatic N) is 2. The number of aliphatic hydroxyl groups excluding tert-OH is 1. The SMILES string of the molecule is CC(O)C(N)CNc1cc(C#N)ccc1[N+](=O)[O-]. The van der Waals surface area contributed by atoms with Gasteiger partial charge in [0, 0.05) is 18.7 Å². The van der Waals surface area contributed by atoms with Crippen LogP contribution in [0.2, 0.25) is 0 Å². The number of hydrogen-bond acceptors (Lipinski definition) is 6. The number of nitrogens with one attached hydrogen (secondary N) is 1. The zero-order chi connectivity index (χ0) is 13.7. The molecule has 4 N–H and O–H groups in total. The maximum absolute atomic E-state index is 10.8. The van der Waals surface area contributed by atoms with Gasteiger partial charge in [0.1, 0.15) is 5.69 Å². The van der Waals surface area contributed by atoms with Crippen molar-refractivity contribution >= 4 is 11.4 Å². The van der Waals surface area contributed by atoms with Crippen LogP contribution in [0.15, 0.2) is 18.2 Å². The quantitative estimate of drug-likeness (QED) is 0.518. The van der Waals surface area contributed by atoms with Crippen LogP contribution in [0.1, 0.15) is 12.5 Å². The van der Waals surface area contributed by atoms with Gasteiger partial charge < -0.3 is 16.2 Å². The molecule has 1 aromatic rings. The van der Waals surface area contributed by atoms with Gasteiger partial charge in [0.15, 0.2) is 0 Å². The minimum Gasteiger partial charge on any atom is -0.392 e. The molecule has 2 unspecified atom stereocenters. The molecule has 1 aromatic carbocycles. The number of nitro groups is 1. The maximum Gasteiger partial charge on any atom is 0.292 e. The summed E-state index contributed by atoms with van der Waals surface area (Å²) in [5, 5.41) is 31.5. The Morgan fingerprint density at radius 2 is 2.33 bits per heavy atom. The van der Waals surface area contributed by atoms with Crippen LogP contribution >= 0.6 is 0 Å². The van der Waals surface area contributed by atoms with E-state index in [1.54, 1.807) is 0 Å². The fourth-order valence-corrected chi connectivity index (χ4v) is 1.30. The Hall–Kier alpha value is -2.17. The van der Waals surface area contributed by atoms with E-state index >= 15 is 0 Å². The first-order valence-electron chi connectivity index (χ1n) is 5.31. The molecule has 1 rings (SSSR count). The van der Waals surface area contributed by atoms with Gasteiger partial charge in [-0.25, -0.2) is 0 Å². The van der Waals surface area contributed by atoms with Gasteiger partial charge >= 0.3 is 0 Å². The Balaban J connectivity index is 2.92. The molecule has 0 aromatic heterocycles. The highest BCUT2D eigenvalue weighted by atomic mass is 16.6. The van der Waals surface area contributed by atoms with Crippen LogP contribution in [0.3, 0.4) is 0 Å². The number of nitro benzene ring substituents is 1. The Kier molecular flexibility index (Phi) is 4.59. The molecule has 2 atom stereocenters. The van der Waals surface area contributed by atoms with Gasteiger partial charge in [0.25, 0.3) is 5.69 Å². The van der Waals surface area contributed by atoms with Crippen LogP contribution in [0, 0.1) is 21.4 Å². The molecule has 96 valence electrons. The van der Waals surface area contributed by atoms with Gasteiger partial charge in [-0.15, -0.1) is 0 Å². The van der Waals surface area contributed by atoms with Crippen molar-refractivity contribution in [2.45, 2.75) is 19.1 Å². The van der Waals surface area contributed by atoms with Crippen molar-refractivity contribution in [3.8, 4) is 6.07 Å². The first-order valence-corrected chi connectivity index (χ1v) is 5.31. The predicted octanol–water partition coefficient (Wildman–Crippen LogP) is 0.586. The number of nitrogens with two attached hydrogens (primary N) is 1. The van der Waals surface area contributed by atoms with E-state index in [4.69, 9.17) is 11.0 Å². The van der Waals surface area contributed by atoms with Crippen molar-refractivity contribution in [1.29, 1.82) is 5.26 Å². The number of rotatable bonds is 5. The molecule has 0 heterocycles. The van der Waals surface area contributed by atoms with Crippen molar-refractivity contribution in [1.82, 2.24) is 0 Å². The van der Waals surface area contributed by atoms with E-state index in [1.807, 2.05) is 6.07 Å². The topological polar surface area (TPSA) is 125 Å². The van der Waals surface area contributed by atoms with Crippen LogP contribution in [0.5, 0.6) is 0 Å². The van der Waals surface area contributed by atoms with Crippen molar-refractivity contribution in [3.63, 3.8) is 0 Å². The maximum atomic E-state index is 10.8. The van der Waals surface area contributed by atoms with Crippen molar-refractivity contribution < 1.29 is 10.0 Å². The molecule has 18 heavy (non-hydrogen) atoms. The molecule has 0 aliphatic carbocycles. The van der Waals surface area contributed by atoms with E-state index < -0.39 is 17.1 Å². The van der Waals surface area contributed by atoms with Crippen molar-refractivity contribution in [2.24, 2.45) is 5.73 Å². The molecule has 0 radical (unpaired) electrons. The molecule has 0 fully saturated rings. The Morgan fingerprint density at radius 1 is 1.67 bits per heavy atom. The van der Waals surface area contributed by atoms with Crippen molar-refractivity contribution in [3.05, 3.63) is 33.9 Å². The molecule has 0 spiro atoms. The molecule has 0 amide bonds. The summed E-state index contributed by atoms with van der Waals surface area (Å²) < 4.78 is 0. The zero-order valence-corrected chi connectivity index (χ0v) is 9.83. The molecule has 0 aliphatic heterocycles. The van der Waals surface area contributed by atoms with E-state index in [2.05, 4.69) is 5.32 Å². The first kappa shape index (κ1) is 13.9. The van der Waals surface area contributed by atoms with E-state index in [0.29, 0.717) is 5.56 Å². The lowest BCUT2D eigenvalue weighted by Gasteiger charge is -2.16. The van der Waals surface area contributed by atoms with Crippen LogP contribution in [-0.4, -0.2) is 28.7 Å². The van der Waals surface area contributed by atoms with Crippen molar-refractivity contribution in [2.75, 3.05) is 11.9 Å². The Morgan fingerprint density at radius 3 is 2.83 bits per heavy atom. The van der Waals surface area contributed by atoms with Gasteiger partial charge in [0.05, 0.1) is 22.7 Å². The fourth-order valence-electron chi connectivity index (χ4n) is 1.30. The van der Waals surface area contributed by atoms with Gasteiger partial charge in [-0.05, 0) is 19.1 Å². The van der Waals surface area contributed by atoms with Crippen LogP contribution in [0.25, 0.3) is 0 Å². The summed E-state index contributed by atoms with van der Waals surface area (Å²) in [6, 6.07) is 5.37. The molecular weight excluding hydrogens is 236 g/mol. The molecule has 0 aliphatic rings. The average Bonchev–Trinajstić information content (AvgIpc) is 2.34. The highest BCUT2D eigenvalue weighted by molar-refractivity contribution is 5.64. The molecule has 7 nitrogen and oxygen atoms in total. The first-order chi connectivity index (χ1) is 8.45. The summed E-state index contributed by atoms with van der Waals surface area (Å²) >= 11 is 0. The number of nitriles is 1. The zero-order valence-electron chi connectivity index (χ0n) is 9.83. The van der Waals surface area contributed by atoms with Crippen LogP contribution in [0.4, 0.5) is 11.4 Å². The second-order valence-electron chi connectivity index (χ2n) is 3.89.